The van der Waals surface area contributed by atoms with Gasteiger partial charge in [-0.3, -0.25) is 4.79 Å². The Bertz CT molecular complexity index is 1830. The zero-order valence-corrected chi connectivity index (χ0v) is 22.0. The van der Waals surface area contributed by atoms with E-state index in [1.807, 2.05) is 18.2 Å². The summed E-state index contributed by atoms with van der Waals surface area (Å²) in [6.45, 7) is 0.899. The van der Waals surface area contributed by atoms with Crippen LogP contribution in [0.15, 0.2) is 94.7 Å². The van der Waals surface area contributed by atoms with Gasteiger partial charge in [-0.15, -0.1) is 5.10 Å². The van der Waals surface area contributed by atoms with Gasteiger partial charge in [0.05, 0.1) is 16.3 Å². The number of hydrogen-bond acceptors (Lipinski definition) is 8. The number of para-hydroxylation sites is 1. The van der Waals surface area contributed by atoms with Crippen LogP contribution in [0.5, 0.6) is 0 Å². The number of nitrogens with zero attached hydrogens (tertiary/aromatic N) is 4. The minimum atomic E-state index is -3.73. The molecular formula is C27H26N8O4S. The molecule has 0 atom stereocenters. The molecule has 2 heterocycles. The summed E-state index contributed by atoms with van der Waals surface area (Å²) in [5.41, 5.74) is 9.31. The van der Waals surface area contributed by atoms with E-state index in [0.29, 0.717) is 35.7 Å². The first-order chi connectivity index (χ1) is 19.2. The standard InChI is InChI=1S/C27H26N8O4S/c28-25-26-33-35(21-4-2-1-3-5-21)27(37)34(26)17-23(32-25)19-8-10-20(11-9-19)31-24(36)14-15-30-16-18-6-12-22(13-7-18)40(29,38)39/h1-13,17,30H,14-16H2,(H2,28,32)(H,31,36)(H2,29,38,39). The molecule has 204 valence electrons. The molecule has 3 aromatic carbocycles. The molecule has 0 aliphatic rings. The summed E-state index contributed by atoms with van der Waals surface area (Å²) < 4.78 is 25.3. The van der Waals surface area contributed by atoms with E-state index in [0.717, 1.165) is 5.56 Å². The van der Waals surface area contributed by atoms with Gasteiger partial charge in [0.2, 0.25) is 21.6 Å². The first-order valence-corrected chi connectivity index (χ1v) is 13.8. The van der Waals surface area contributed by atoms with Gasteiger partial charge in [-0.1, -0.05) is 42.5 Å². The number of hydrogen-bond donors (Lipinski definition) is 4. The topological polar surface area (TPSA) is 180 Å². The van der Waals surface area contributed by atoms with Gasteiger partial charge < -0.3 is 16.4 Å². The number of fused-ring (bicyclic) bond motifs is 1. The van der Waals surface area contributed by atoms with Gasteiger partial charge in [0, 0.05) is 37.0 Å². The Labute approximate surface area is 229 Å². The predicted molar refractivity (Wildman–Crippen MR) is 151 cm³/mol. The fourth-order valence-corrected chi connectivity index (χ4v) is 4.57. The normalized spacial score (nSPS) is 11.5. The lowest BCUT2D eigenvalue weighted by molar-refractivity contribution is -0.116. The molecule has 1 amide bonds. The Morgan fingerprint density at radius 3 is 2.33 bits per heavy atom. The third-order valence-electron chi connectivity index (χ3n) is 6.11. The highest BCUT2D eigenvalue weighted by Gasteiger charge is 2.14. The smallest absolute Gasteiger partial charge is 0.355 e. The van der Waals surface area contributed by atoms with Crippen molar-refractivity contribution >= 4 is 33.1 Å². The van der Waals surface area contributed by atoms with Crippen molar-refractivity contribution in [2.24, 2.45) is 5.14 Å². The third-order valence-corrected chi connectivity index (χ3v) is 7.04. The zero-order chi connectivity index (χ0) is 28.3. The predicted octanol–water partition coefficient (Wildman–Crippen LogP) is 1.90. The van der Waals surface area contributed by atoms with Crippen LogP contribution in [0.4, 0.5) is 11.5 Å². The number of anilines is 2. The summed E-state index contributed by atoms with van der Waals surface area (Å²) in [6.07, 6.45) is 1.82. The van der Waals surface area contributed by atoms with Gasteiger partial charge >= 0.3 is 5.69 Å². The largest absolute Gasteiger partial charge is 0.381 e. The van der Waals surface area contributed by atoms with E-state index in [-0.39, 0.29) is 34.4 Å². The van der Waals surface area contributed by atoms with Crippen LogP contribution in [-0.4, -0.2) is 40.0 Å². The molecule has 40 heavy (non-hydrogen) atoms. The molecule has 12 nitrogen and oxygen atoms in total. The molecule has 0 aliphatic heterocycles. The van der Waals surface area contributed by atoms with Crippen molar-refractivity contribution in [3.63, 3.8) is 0 Å². The van der Waals surface area contributed by atoms with Gasteiger partial charge in [-0.05, 0) is 42.0 Å². The molecule has 0 fully saturated rings. The minimum absolute atomic E-state index is 0.0505. The minimum Gasteiger partial charge on any atom is -0.381 e. The highest BCUT2D eigenvalue weighted by molar-refractivity contribution is 7.89. The Morgan fingerprint density at radius 2 is 1.65 bits per heavy atom. The van der Waals surface area contributed by atoms with Crippen LogP contribution in [0, 0.1) is 0 Å². The van der Waals surface area contributed by atoms with Gasteiger partial charge in [-0.25, -0.2) is 27.7 Å². The Morgan fingerprint density at radius 1 is 0.950 bits per heavy atom. The second-order valence-electron chi connectivity index (χ2n) is 8.98. The lowest BCUT2D eigenvalue weighted by Gasteiger charge is -2.08. The van der Waals surface area contributed by atoms with Crippen molar-refractivity contribution in [2.75, 3.05) is 17.6 Å². The van der Waals surface area contributed by atoms with E-state index in [9.17, 15) is 18.0 Å². The first-order valence-electron chi connectivity index (χ1n) is 12.2. The Hall–Kier alpha value is -4.85. The molecule has 0 aliphatic carbocycles. The lowest BCUT2D eigenvalue weighted by Crippen LogP contribution is -2.21. The van der Waals surface area contributed by atoms with Gasteiger partial charge in [-0.2, -0.15) is 4.68 Å². The average molecular weight is 559 g/mol. The highest BCUT2D eigenvalue weighted by Crippen LogP contribution is 2.22. The van der Waals surface area contributed by atoms with E-state index in [4.69, 9.17) is 10.9 Å². The molecule has 5 rings (SSSR count). The highest BCUT2D eigenvalue weighted by atomic mass is 32.2. The van der Waals surface area contributed by atoms with E-state index in [1.165, 1.54) is 21.2 Å². The quantitative estimate of drug-likeness (QED) is 0.198. The maximum Gasteiger partial charge on any atom is 0.355 e. The summed E-state index contributed by atoms with van der Waals surface area (Å²) in [5, 5.41) is 15.4. The van der Waals surface area contributed by atoms with Crippen molar-refractivity contribution in [1.29, 1.82) is 0 Å². The maximum atomic E-state index is 13.0. The number of primary sulfonamides is 1. The molecule has 0 saturated carbocycles. The van der Waals surface area contributed by atoms with Crippen LogP contribution < -0.4 is 27.2 Å². The van der Waals surface area contributed by atoms with E-state index in [2.05, 4.69) is 20.7 Å². The summed E-state index contributed by atoms with van der Waals surface area (Å²) in [4.78, 5) is 29.8. The Balaban J connectivity index is 1.19. The average Bonchev–Trinajstić information content (AvgIpc) is 3.28. The molecule has 0 spiro atoms. The number of amides is 1. The molecule has 0 unspecified atom stereocenters. The van der Waals surface area contributed by atoms with Gasteiger partial charge in [0.25, 0.3) is 0 Å². The van der Waals surface area contributed by atoms with E-state index in [1.54, 1.807) is 54.7 Å². The van der Waals surface area contributed by atoms with Crippen LogP contribution in [0.2, 0.25) is 0 Å². The number of carbonyl (C=O) groups excluding carboxylic acids is 1. The van der Waals surface area contributed by atoms with Crippen LogP contribution in [0.1, 0.15) is 12.0 Å². The molecule has 6 N–H and O–H groups in total. The molecule has 0 saturated heterocycles. The zero-order valence-electron chi connectivity index (χ0n) is 21.2. The van der Waals surface area contributed by atoms with Crippen molar-refractivity contribution in [3.05, 3.63) is 101 Å². The number of benzene rings is 3. The Kier molecular flexibility index (Phi) is 7.42. The molecule has 0 bridgehead atoms. The third kappa shape index (κ3) is 5.91. The van der Waals surface area contributed by atoms with Crippen molar-refractivity contribution < 1.29 is 13.2 Å². The monoisotopic (exact) mass is 558 g/mol. The fraction of sp³-hybridized carbons (Fsp3) is 0.111. The number of sulfonamides is 1. The molecule has 5 aromatic rings. The number of nitrogen functional groups attached to an aromatic ring is 1. The maximum absolute atomic E-state index is 13.0. The SMILES string of the molecule is Nc1nc(-c2ccc(NC(=O)CCNCc3ccc(S(N)(=O)=O)cc3)cc2)cn2c(=O)n(-c3ccccc3)nc12. The summed E-state index contributed by atoms with van der Waals surface area (Å²) in [5.74, 6) is -0.0528. The van der Waals surface area contributed by atoms with E-state index < -0.39 is 10.0 Å². The number of carbonyl (C=O) groups is 1. The van der Waals surface area contributed by atoms with Crippen LogP contribution in [0.3, 0.4) is 0 Å². The van der Waals surface area contributed by atoms with Crippen LogP contribution in [0.25, 0.3) is 22.6 Å². The molecule has 0 radical (unpaired) electrons. The van der Waals surface area contributed by atoms with E-state index >= 15 is 0 Å². The van der Waals surface area contributed by atoms with Gasteiger partial charge in [0.15, 0.2) is 5.82 Å². The number of nitrogens with two attached hydrogens (primary N) is 2. The number of rotatable bonds is 9. The lowest BCUT2D eigenvalue weighted by atomic mass is 10.1. The molecule has 13 heteroatoms. The van der Waals surface area contributed by atoms with Crippen LogP contribution in [-0.2, 0) is 21.4 Å². The molecule has 2 aromatic heterocycles. The van der Waals surface area contributed by atoms with Crippen molar-refractivity contribution in [3.8, 4) is 16.9 Å². The van der Waals surface area contributed by atoms with Crippen molar-refractivity contribution in [2.45, 2.75) is 17.9 Å². The second-order valence-corrected chi connectivity index (χ2v) is 10.5. The number of aromatic nitrogens is 4. The summed E-state index contributed by atoms with van der Waals surface area (Å²) in [6, 6.07) is 22.3. The van der Waals surface area contributed by atoms with Gasteiger partial charge in [0.1, 0.15) is 0 Å². The fourth-order valence-electron chi connectivity index (χ4n) is 4.06. The summed E-state index contributed by atoms with van der Waals surface area (Å²) in [7, 11) is -3.73. The van der Waals surface area contributed by atoms with Crippen LogP contribution >= 0.6 is 0 Å². The number of nitrogens with one attached hydrogen (secondary N) is 2. The van der Waals surface area contributed by atoms with Crippen molar-refractivity contribution in [1.82, 2.24) is 24.5 Å². The summed E-state index contributed by atoms with van der Waals surface area (Å²) >= 11 is 0. The first kappa shape index (κ1) is 26.7. The second kappa shape index (κ2) is 11.1. The molecular weight excluding hydrogens is 532 g/mol.